The van der Waals surface area contributed by atoms with E-state index in [9.17, 15) is 0 Å². The topological polar surface area (TPSA) is 7.94 Å². The normalized spacial score (nSPS) is 16.5. The molecule has 2 aromatic rings. The second-order valence-electron chi connectivity index (χ2n) is 7.06. The molecular formula is C22H25N2+. The van der Waals surface area contributed by atoms with Crippen molar-refractivity contribution in [2.24, 2.45) is 0 Å². The third-order valence-electron chi connectivity index (χ3n) is 5.40. The summed E-state index contributed by atoms with van der Waals surface area (Å²) in [5.74, 6) is 0. The van der Waals surface area contributed by atoms with Crippen LogP contribution in [0.25, 0.3) is 5.57 Å². The van der Waals surface area contributed by atoms with E-state index in [1.807, 2.05) is 0 Å². The first-order chi connectivity index (χ1) is 11.5. The number of aromatic nitrogens is 1. The van der Waals surface area contributed by atoms with Crippen molar-refractivity contribution in [1.82, 2.24) is 4.57 Å². The third kappa shape index (κ3) is 2.06. The van der Waals surface area contributed by atoms with Gasteiger partial charge in [-0.15, -0.1) is 0 Å². The lowest BCUT2D eigenvalue weighted by molar-refractivity contribution is -0.506. The average Bonchev–Trinajstić information content (AvgIpc) is 3.03. The van der Waals surface area contributed by atoms with E-state index in [1.165, 1.54) is 50.6 Å². The van der Waals surface area contributed by atoms with Crippen molar-refractivity contribution in [2.45, 2.75) is 47.7 Å². The number of fused-ring (bicyclic) bond motifs is 2. The number of hydrogen-bond donors (Lipinski definition) is 0. The molecule has 2 aliphatic rings. The summed E-state index contributed by atoms with van der Waals surface area (Å²) in [5.41, 5.74) is 12.2. The van der Waals surface area contributed by atoms with Gasteiger partial charge in [0.25, 0.3) is 0 Å². The highest BCUT2D eigenvalue weighted by Gasteiger charge is 2.37. The lowest BCUT2D eigenvalue weighted by atomic mass is 9.93. The van der Waals surface area contributed by atoms with Gasteiger partial charge in [0.05, 0.1) is 11.3 Å². The van der Waals surface area contributed by atoms with Crippen LogP contribution in [-0.4, -0.2) is 14.9 Å². The monoisotopic (exact) mass is 317 g/mol. The van der Waals surface area contributed by atoms with Crippen LogP contribution in [0.2, 0.25) is 0 Å². The Morgan fingerprint density at radius 2 is 1.75 bits per heavy atom. The molecule has 0 bridgehead atoms. The number of hydrogen-bond acceptors (Lipinski definition) is 0. The molecule has 0 saturated carbocycles. The van der Waals surface area contributed by atoms with Crippen molar-refractivity contribution in [3.05, 3.63) is 75.8 Å². The molecule has 0 aliphatic carbocycles. The van der Waals surface area contributed by atoms with Crippen LogP contribution < -0.4 is 0 Å². The van der Waals surface area contributed by atoms with Crippen LogP contribution in [0.15, 0.2) is 47.7 Å². The summed E-state index contributed by atoms with van der Waals surface area (Å²) >= 11 is 0. The summed E-state index contributed by atoms with van der Waals surface area (Å²) in [7, 11) is 0. The zero-order valence-corrected chi connectivity index (χ0v) is 15.3. The Morgan fingerprint density at radius 3 is 2.42 bits per heavy atom. The van der Waals surface area contributed by atoms with Gasteiger partial charge in [-0.25, -0.2) is 0 Å². The summed E-state index contributed by atoms with van der Waals surface area (Å²) in [6.07, 6.45) is 3.39. The SMILES string of the molecule is CCc1ccc(C2=C3C(C)=CC(C)=[N+]3Cn3c(C)cc(C)c32)cc1. The van der Waals surface area contributed by atoms with E-state index in [4.69, 9.17) is 0 Å². The van der Waals surface area contributed by atoms with E-state index in [0.717, 1.165) is 13.1 Å². The molecule has 3 heterocycles. The van der Waals surface area contributed by atoms with Crippen LogP contribution in [0.3, 0.4) is 0 Å². The minimum atomic E-state index is 0.917. The summed E-state index contributed by atoms with van der Waals surface area (Å²) in [4.78, 5) is 0. The molecule has 0 saturated heterocycles. The molecule has 0 spiro atoms. The number of rotatable bonds is 2. The molecule has 0 N–H and O–H groups in total. The van der Waals surface area contributed by atoms with E-state index >= 15 is 0 Å². The lowest BCUT2D eigenvalue weighted by Crippen LogP contribution is -2.26. The second-order valence-corrected chi connectivity index (χ2v) is 7.06. The number of allylic oxidation sites excluding steroid dienone is 2. The molecule has 0 unspecified atom stereocenters. The highest BCUT2D eigenvalue weighted by atomic mass is 15.2. The van der Waals surface area contributed by atoms with E-state index in [2.05, 4.69) is 80.2 Å². The Morgan fingerprint density at radius 1 is 1.04 bits per heavy atom. The molecule has 0 atom stereocenters. The summed E-state index contributed by atoms with van der Waals surface area (Å²) in [5, 5.41) is 0. The Balaban J connectivity index is 2.04. The van der Waals surface area contributed by atoms with Crippen molar-refractivity contribution in [2.75, 3.05) is 0 Å². The fourth-order valence-electron chi connectivity index (χ4n) is 4.16. The molecule has 4 rings (SSSR count). The maximum Gasteiger partial charge on any atom is 0.228 e. The molecule has 0 radical (unpaired) electrons. The molecule has 1 aromatic heterocycles. The van der Waals surface area contributed by atoms with Crippen LogP contribution in [0, 0.1) is 13.8 Å². The van der Waals surface area contributed by atoms with Gasteiger partial charge in [-0.2, -0.15) is 4.58 Å². The molecule has 0 fully saturated rings. The van der Waals surface area contributed by atoms with Gasteiger partial charge in [0.1, 0.15) is 0 Å². The first-order valence-electron chi connectivity index (χ1n) is 8.81. The molecule has 0 amide bonds. The van der Waals surface area contributed by atoms with Crippen molar-refractivity contribution in [3.63, 3.8) is 0 Å². The highest BCUT2D eigenvalue weighted by molar-refractivity contribution is 5.95. The number of aryl methyl sites for hydroxylation is 3. The van der Waals surface area contributed by atoms with Gasteiger partial charge in [-0.3, -0.25) is 4.57 Å². The van der Waals surface area contributed by atoms with Gasteiger partial charge >= 0.3 is 0 Å². The second kappa shape index (κ2) is 5.34. The molecular weight excluding hydrogens is 292 g/mol. The Hall–Kier alpha value is -2.35. The average molecular weight is 317 g/mol. The zero-order chi connectivity index (χ0) is 17.0. The van der Waals surface area contributed by atoms with Gasteiger partial charge in [0, 0.05) is 24.3 Å². The quantitative estimate of drug-likeness (QED) is 0.701. The van der Waals surface area contributed by atoms with Crippen LogP contribution in [0.1, 0.15) is 48.8 Å². The van der Waals surface area contributed by atoms with Gasteiger partial charge in [-0.1, -0.05) is 31.2 Å². The molecule has 2 nitrogen and oxygen atoms in total. The highest BCUT2D eigenvalue weighted by Crippen LogP contribution is 2.39. The van der Waals surface area contributed by atoms with Crippen molar-refractivity contribution < 1.29 is 4.58 Å². The van der Waals surface area contributed by atoms with Gasteiger partial charge in [-0.05, 0) is 49.9 Å². The fraction of sp³-hybridized carbons (Fsp3) is 0.318. The van der Waals surface area contributed by atoms with Crippen LogP contribution >= 0.6 is 0 Å². The number of benzene rings is 1. The standard InChI is InChI=1S/C22H25N2/c1-6-18-7-9-19(10-8-18)20-21-14(2)11-16(4)23(21)13-24-17(5)12-15(3)22(20)24/h7-12H,6,13H2,1-5H3/q+1. The largest absolute Gasteiger partial charge is 0.289 e. The van der Waals surface area contributed by atoms with Crippen LogP contribution in [0.5, 0.6) is 0 Å². The molecule has 2 aliphatic heterocycles. The van der Waals surface area contributed by atoms with Crippen molar-refractivity contribution >= 4 is 11.3 Å². The van der Waals surface area contributed by atoms with Gasteiger partial charge in [0.2, 0.25) is 12.4 Å². The Kier molecular flexibility index (Phi) is 3.38. The summed E-state index contributed by atoms with van der Waals surface area (Å²) in [6.45, 7) is 12.0. The summed E-state index contributed by atoms with van der Waals surface area (Å²) in [6, 6.07) is 11.4. The molecule has 24 heavy (non-hydrogen) atoms. The number of nitrogens with zero attached hydrogens (tertiary/aromatic N) is 2. The third-order valence-corrected chi connectivity index (χ3v) is 5.40. The first-order valence-corrected chi connectivity index (χ1v) is 8.81. The van der Waals surface area contributed by atoms with Crippen molar-refractivity contribution in [3.8, 4) is 0 Å². The Labute approximate surface area is 144 Å². The predicted molar refractivity (Wildman–Crippen MR) is 100 cm³/mol. The minimum absolute atomic E-state index is 0.917. The lowest BCUT2D eigenvalue weighted by Gasteiger charge is -2.22. The maximum atomic E-state index is 2.46. The van der Waals surface area contributed by atoms with E-state index in [-0.39, 0.29) is 0 Å². The first kappa shape index (κ1) is 15.2. The van der Waals surface area contributed by atoms with E-state index in [1.54, 1.807) is 0 Å². The summed E-state index contributed by atoms with van der Waals surface area (Å²) < 4.78 is 4.91. The Bertz CT molecular complexity index is 931. The molecule has 122 valence electrons. The molecule has 2 heteroatoms. The smallest absolute Gasteiger partial charge is 0.228 e. The van der Waals surface area contributed by atoms with E-state index < -0.39 is 0 Å². The van der Waals surface area contributed by atoms with Crippen LogP contribution in [-0.2, 0) is 13.1 Å². The molecule has 1 aromatic carbocycles. The van der Waals surface area contributed by atoms with E-state index in [0.29, 0.717) is 0 Å². The minimum Gasteiger partial charge on any atom is -0.289 e. The zero-order valence-electron chi connectivity index (χ0n) is 15.3. The maximum absolute atomic E-state index is 2.46. The fourth-order valence-corrected chi connectivity index (χ4v) is 4.16. The van der Waals surface area contributed by atoms with Gasteiger partial charge in [0.15, 0.2) is 5.71 Å². The van der Waals surface area contributed by atoms with Gasteiger partial charge < -0.3 is 0 Å². The predicted octanol–water partition coefficient (Wildman–Crippen LogP) is 4.83. The van der Waals surface area contributed by atoms with Crippen molar-refractivity contribution in [1.29, 1.82) is 0 Å². The van der Waals surface area contributed by atoms with Crippen LogP contribution in [0.4, 0.5) is 0 Å².